The van der Waals surface area contributed by atoms with Crippen LogP contribution < -0.4 is 4.72 Å². The molecule has 19 heavy (non-hydrogen) atoms. The molecule has 0 aliphatic rings. The van der Waals surface area contributed by atoms with Crippen molar-refractivity contribution in [3.8, 4) is 0 Å². The van der Waals surface area contributed by atoms with Gasteiger partial charge in [-0.2, -0.15) is 8.42 Å². The number of aromatic amines is 1. The third kappa shape index (κ3) is 2.71. The van der Waals surface area contributed by atoms with Gasteiger partial charge in [-0.3, -0.25) is 14.8 Å². The van der Waals surface area contributed by atoms with Gasteiger partial charge in [0, 0.05) is 11.6 Å². The maximum Gasteiger partial charge on any atom is 0.278 e. The van der Waals surface area contributed by atoms with Crippen LogP contribution in [0, 0.1) is 17.0 Å². The highest BCUT2D eigenvalue weighted by atomic mass is 32.2. The molecule has 0 spiro atoms. The second-order valence-corrected chi connectivity index (χ2v) is 5.43. The zero-order valence-corrected chi connectivity index (χ0v) is 10.6. The molecule has 1 aromatic carbocycles. The van der Waals surface area contributed by atoms with Gasteiger partial charge in [0.1, 0.15) is 0 Å². The van der Waals surface area contributed by atoms with Crippen molar-refractivity contribution in [3.63, 3.8) is 0 Å². The fourth-order valence-corrected chi connectivity index (χ4v) is 2.42. The van der Waals surface area contributed by atoms with Crippen LogP contribution in [0.4, 0.5) is 11.4 Å². The number of nitrogens with one attached hydrogen (secondary N) is 2. The highest BCUT2D eigenvalue weighted by Crippen LogP contribution is 2.23. The predicted molar refractivity (Wildman–Crippen MR) is 67.2 cm³/mol. The van der Waals surface area contributed by atoms with E-state index in [0.29, 0.717) is 5.56 Å². The number of aryl methyl sites for hydroxylation is 1. The largest absolute Gasteiger partial charge is 0.334 e. The topological polar surface area (TPSA) is 118 Å². The monoisotopic (exact) mass is 282 g/mol. The van der Waals surface area contributed by atoms with Crippen LogP contribution in [0.2, 0.25) is 0 Å². The lowest BCUT2D eigenvalue weighted by Gasteiger charge is -2.06. The summed E-state index contributed by atoms with van der Waals surface area (Å²) in [5.74, 6) is 0. The summed E-state index contributed by atoms with van der Waals surface area (Å²) in [5.41, 5.74) is 0.422. The number of nitro groups is 1. The number of nitrogens with zero attached hydrogens (tertiary/aromatic N) is 2. The Balaban J connectivity index is 2.35. The molecule has 0 aliphatic heterocycles. The van der Waals surface area contributed by atoms with Crippen LogP contribution in [-0.4, -0.2) is 23.3 Å². The quantitative estimate of drug-likeness (QED) is 0.649. The SMILES string of the molecule is Cc1ccc(NS(=O)(=O)c2cnc[nH]2)cc1[N+](=O)[O-]. The summed E-state index contributed by atoms with van der Waals surface area (Å²) in [6.07, 6.45) is 2.37. The van der Waals surface area contributed by atoms with Crippen LogP contribution in [0.5, 0.6) is 0 Å². The van der Waals surface area contributed by atoms with Gasteiger partial charge in [0.05, 0.1) is 23.1 Å². The van der Waals surface area contributed by atoms with Crippen molar-refractivity contribution in [3.05, 3.63) is 46.4 Å². The Morgan fingerprint density at radius 1 is 1.42 bits per heavy atom. The van der Waals surface area contributed by atoms with E-state index >= 15 is 0 Å². The number of rotatable bonds is 4. The number of nitro benzene ring substituents is 1. The van der Waals surface area contributed by atoms with Gasteiger partial charge in [-0.25, -0.2) is 4.98 Å². The van der Waals surface area contributed by atoms with E-state index in [1.807, 2.05) is 0 Å². The minimum absolute atomic E-state index is 0.115. The molecule has 1 heterocycles. The molecule has 0 aliphatic carbocycles. The van der Waals surface area contributed by atoms with Gasteiger partial charge in [-0.15, -0.1) is 0 Å². The van der Waals surface area contributed by atoms with Crippen molar-refractivity contribution in [2.45, 2.75) is 11.9 Å². The van der Waals surface area contributed by atoms with Crippen LogP contribution in [0.3, 0.4) is 0 Å². The molecule has 2 rings (SSSR count). The summed E-state index contributed by atoms with van der Waals surface area (Å²) < 4.78 is 26.0. The molecule has 0 saturated carbocycles. The Morgan fingerprint density at radius 2 is 2.16 bits per heavy atom. The highest BCUT2D eigenvalue weighted by Gasteiger charge is 2.18. The van der Waals surface area contributed by atoms with Crippen LogP contribution in [0.1, 0.15) is 5.56 Å². The average molecular weight is 282 g/mol. The summed E-state index contributed by atoms with van der Waals surface area (Å²) in [6, 6.07) is 4.10. The van der Waals surface area contributed by atoms with Gasteiger partial charge in [0.2, 0.25) is 0 Å². The van der Waals surface area contributed by atoms with Gasteiger partial charge in [-0.1, -0.05) is 6.07 Å². The summed E-state index contributed by atoms with van der Waals surface area (Å²) in [7, 11) is -3.82. The zero-order valence-electron chi connectivity index (χ0n) is 9.82. The van der Waals surface area contributed by atoms with Gasteiger partial charge in [-0.05, 0) is 13.0 Å². The second-order valence-electron chi connectivity index (χ2n) is 3.78. The van der Waals surface area contributed by atoms with E-state index in [0.717, 1.165) is 6.20 Å². The third-order valence-electron chi connectivity index (χ3n) is 2.42. The molecule has 2 aromatic rings. The first-order chi connectivity index (χ1) is 8.90. The molecule has 0 unspecified atom stereocenters. The van der Waals surface area contributed by atoms with E-state index in [9.17, 15) is 18.5 Å². The van der Waals surface area contributed by atoms with Crippen LogP contribution in [0.25, 0.3) is 0 Å². The Morgan fingerprint density at radius 3 is 2.74 bits per heavy atom. The smallest absolute Gasteiger partial charge is 0.278 e. The number of anilines is 1. The molecule has 0 fully saturated rings. The van der Waals surface area contributed by atoms with Crippen molar-refractivity contribution in [2.75, 3.05) is 4.72 Å². The predicted octanol–water partition coefficient (Wildman–Crippen LogP) is 1.43. The van der Waals surface area contributed by atoms with Crippen molar-refractivity contribution >= 4 is 21.4 Å². The number of H-pyrrole nitrogens is 1. The summed E-state index contributed by atoms with van der Waals surface area (Å²) >= 11 is 0. The molecule has 0 atom stereocenters. The molecule has 0 bridgehead atoms. The third-order valence-corrected chi connectivity index (χ3v) is 3.73. The summed E-state index contributed by atoms with van der Waals surface area (Å²) in [6.45, 7) is 1.57. The molecular formula is C10H10N4O4S. The number of benzene rings is 1. The maximum atomic E-state index is 11.9. The first-order valence-corrected chi connectivity index (χ1v) is 6.65. The standard InChI is InChI=1S/C10H10N4O4S/c1-7-2-3-8(4-9(7)14(15)16)13-19(17,18)10-5-11-6-12-10/h2-6,13H,1H3,(H,11,12). The minimum Gasteiger partial charge on any atom is -0.334 e. The molecule has 100 valence electrons. The zero-order chi connectivity index (χ0) is 14.0. The Bertz CT molecular complexity index is 709. The molecule has 8 nitrogen and oxygen atoms in total. The second kappa shape index (κ2) is 4.69. The summed E-state index contributed by atoms with van der Waals surface area (Å²) in [5, 5.41) is 10.7. The molecule has 9 heteroatoms. The van der Waals surface area contributed by atoms with E-state index in [2.05, 4.69) is 14.7 Å². The van der Waals surface area contributed by atoms with Crippen molar-refractivity contribution in [1.29, 1.82) is 0 Å². The van der Waals surface area contributed by atoms with Crippen molar-refractivity contribution in [2.24, 2.45) is 0 Å². The Hall–Kier alpha value is -2.42. The Labute approximate surface area is 108 Å². The molecule has 0 amide bonds. The number of imidazole rings is 1. The highest BCUT2D eigenvalue weighted by molar-refractivity contribution is 7.92. The Kier molecular flexibility index (Phi) is 3.21. The van der Waals surface area contributed by atoms with Crippen LogP contribution in [-0.2, 0) is 10.0 Å². The van der Waals surface area contributed by atoms with Crippen molar-refractivity contribution in [1.82, 2.24) is 9.97 Å². The normalized spacial score (nSPS) is 11.2. The minimum atomic E-state index is -3.82. The maximum absolute atomic E-state index is 11.9. The molecule has 2 N–H and O–H groups in total. The van der Waals surface area contributed by atoms with E-state index in [4.69, 9.17) is 0 Å². The van der Waals surface area contributed by atoms with E-state index in [1.54, 1.807) is 6.92 Å². The first kappa shape index (κ1) is 13.0. The lowest BCUT2D eigenvalue weighted by Crippen LogP contribution is -2.13. The van der Waals surface area contributed by atoms with Gasteiger partial charge in [0.25, 0.3) is 15.7 Å². The van der Waals surface area contributed by atoms with Crippen LogP contribution >= 0.6 is 0 Å². The van der Waals surface area contributed by atoms with Crippen molar-refractivity contribution < 1.29 is 13.3 Å². The lowest BCUT2D eigenvalue weighted by molar-refractivity contribution is -0.385. The van der Waals surface area contributed by atoms with E-state index in [-0.39, 0.29) is 16.4 Å². The fourth-order valence-electron chi connectivity index (χ4n) is 1.47. The number of hydrogen-bond acceptors (Lipinski definition) is 5. The number of sulfonamides is 1. The summed E-state index contributed by atoms with van der Waals surface area (Å²) in [4.78, 5) is 16.3. The average Bonchev–Trinajstić information content (AvgIpc) is 2.85. The first-order valence-electron chi connectivity index (χ1n) is 5.16. The lowest BCUT2D eigenvalue weighted by atomic mass is 10.2. The van der Waals surface area contributed by atoms with E-state index in [1.165, 1.54) is 24.5 Å². The van der Waals surface area contributed by atoms with E-state index < -0.39 is 14.9 Å². The van der Waals surface area contributed by atoms with Gasteiger partial charge in [0.15, 0.2) is 5.03 Å². The number of aromatic nitrogens is 2. The van der Waals surface area contributed by atoms with Crippen LogP contribution in [0.15, 0.2) is 35.7 Å². The van der Waals surface area contributed by atoms with Gasteiger partial charge < -0.3 is 4.98 Å². The number of hydrogen-bond donors (Lipinski definition) is 2. The van der Waals surface area contributed by atoms with Gasteiger partial charge >= 0.3 is 0 Å². The molecule has 1 aromatic heterocycles. The molecule has 0 radical (unpaired) electrons. The molecular weight excluding hydrogens is 272 g/mol. The fraction of sp³-hybridized carbons (Fsp3) is 0.100. The molecule has 0 saturated heterocycles.